The van der Waals surface area contributed by atoms with Gasteiger partial charge in [-0.15, -0.1) is 0 Å². The Morgan fingerprint density at radius 3 is 2.11 bits per heavy atom. The van der Waals surface area contributed by atoms with Crippen molar-refractivity contribution in [1.82, 2.24) is 0 Å². The Morgan fingerprint density at radius 2 is 1.56 bits per heavy atom. The predicted octanol–water partition coefficient (Wildman–Crippen LogP) is 3.49. The minimum absolute atomic E-state index is 0.0132. The second-order valence-electron chi connectivity index (χ2n) is 4.06. The molecular weight excluding hydrogens is 241 g/mol. The maximum Gasteiger partial charge on any atom is 0.194 e. The van der Waals surface area contributed by atoms with E-state index in [1.165, 1.54) is 0 Å². The third-order valence-electron chi connectivity index (χ3n) is 2.80. The number of hydrogen-bond acceptors (Lipinski definition) is 1. The van der Waals surface area contributed by atoms with Gasteiger partial charge in [-0.3, -0.25) is 0 Å². The van der Waals surface area contributed by atoms with E-state index in [2.05, 4.69) is 0 Å². The van der Waals surface area contributed by atoms with Gasteiger partial charge in [-0.1, -0.05) is 24.3 Å². The molecule has 1 atom stereocenters. The van der Waals surface area contributed by atoms with Crippen LogP contribution in [0, 0.1) is 24.4 Å². The second-order valence-corrected chi connectivity index (χ2v) is 4.06. The molecule has 1 unspecified atom stereocenters. The molecule has 0 heterocycles. The van der Waals surface area contributed by atoms with Crippen molar-refractivity contribution < 1.29 is 18.3 Å². The summed E-state index contributed by atoms with van der Waals surface area (Å²) in [5, 5.41) is 10.1. The molecule has 0 aliphatic carbocycles. The number of benzene rings is 2. The Kier molecular flexibility index (Phi) is 3.39. The van der Waals surface area contributed by atoms with Crippen LogP contribution in [0.2, 0.25) is 0 Å². The monoisotopic (exact) mass is 252 g/mol. The molecule has 0 saturated heterocycles. The molecule has 0 saturated carbocycles. The Bertz CT molecular complexity index is 558. The first-order valence-electron chi connectivity index (χ1n) is 5.38. The summed E-state index contributed by atoms with van der Waals surface area (Å²) in [7, 11) is 0. The lowest BCUT2D eigenvalue weighted by Gasteiger charge is -2.14. The van der Waals surface area contributed by atoms with Crippen molar-refractivity contribution in [2.45, 2.75) is 13.0 Å². The zero-order chi connectivity index (χ0) is 13.3. The molecule has 0 fully saturated rings. The summed E-state index contributed by atoms with van der Waals surface area (Å²) < 4.78 is 39.0. The van der Waals surface area contributed by atoms with Gasteiger partial charge in [-0.25, -0.2) is 13.2 Å². The highest BCUT2D eigenvalue weighted by Crippen LogP contribution is 2.26. The van der Waals surface area contributed by atoms with Gasteiger partial charge in [0.05, 0.1) is 0 Å². The average molecular weight is 252 g/mol. The molecule has 2 rings (SSSR count). The van der Waals surface area contributed by atoms with Crippen LogP contribution in [0.15, 0.2) is 36.4 Å². The Labute approximate surface area is 103 Å². The quantitative estimate of drug-likeness (QED) is 0.811. The molecule has 0 spiro atoms. The van der Waals surface area contributed by atoms with Gasteiger partial charge in [0.1, 0.15) is 6.10 Å². The molecule has 2 aromatic rings. The first kappa shape index (κ1) is 12.6. The van der Waals surface area contributed by atoms with E-state index in [4.69, 9.17) is 0 Å². The summed E-state index contributed by atoms with van der Waals surface area (Å²) >= 11 is 0. The highest BCUT2D eigenvalue weighted by molar-refractivity contribution is 5.35. The van der Waals surface area contributed by atoms with Crippen molar-refractivity contribution in [3.63, 3.8) is 0 Å². The van der Waals surface area contributed by atoms with Gasteiger partial charge in [0, 0.05) is 0 Å². The van der Waals surface area contributed by atoms with E-state index in [1.807, 2.05) is 0 Å². The van der Waals surface area contributed by atoms with E-state index in [-0.39, 0.29) is 5.56 Å². The fourth-order valence-corrected chi connectivity index (χ4v) is 1.81. The van der Waals surface area contributed by atoms with Crippen LogP contribution in [-0.4, -0.2) is 5.11 Å². The van der Waals surface area contributed by atoms with Crippen LogP contribution in [0.4, 0.5) is 13.2 Å². The topological polar surface area (TPSA) is 20.2 Å². The fraction of sp³-hybridized carbons (Fsp3) is 0.143. The molecule has 18 heavy (non-hydrogen) atoms. The molecule has 4 heteroatoms. The summed E-state index contributed by atoms with van der Waals surface area (Å²) in [5.74, 6) is -4.15. The Hall–Kier alpha value is -1.81. The van der Waals surface area contributed by atoms with Crippen molar-refractivity contribution in [1.29, 1.82) is 0 Å². The molecular formula is C14H11F3O. The van der Waals surface area contributed by atoms with Crippen LogP contribution in [0.1, 0.15) is 22.8 Å². The number of hydrogen-bond donors (Lipinski definition) is 1. The first-order valence-corrected chi connectivity index (χ1v) is 5.38. The average Bonchev–Trinajstić information content (AvgIpc) is 2.35. The number of aryl methyl sites for hydroxylation is 1. The molecule has 94 valence electrons. The summed E-state index contributed by atoms with van der Waals surface area (Å²) in [6.45, 7) is 1.77. The predicted molar refractivity (Wildman–Crippen MR) is 61.6 cm³/mol. The standard InChI is InChI=1S/C14H11F3O/c1-8-4-2-3-5-10(8)14(18)9-6-11(15)13(17)12(16)7-9/h2-7,14,18H,1H3. The molecule has 0 aliphatic heterocycles. The number of halogens is 3. The van der Waals surface area contributed by atoms with Crippen LogP contribution in [0.25, 0.3) is 0 Å². The molecule has 0 amide bonds. The van der Waals surface area contributed by atoms with Crippen molar-refractivity contribution >= 4 is 0 Å². The minimum atomic E-state index is -1.53. The van der Waals surface area contributed by atoms with E-state index >= 15 is 0 Å². The van der Waals surface area contributed by atoms with Crippen molar-refractivity contribution in [3.05, 3.63) is 70.5 Å². The van der Waals surface area contributed by atoms with Crippen molar-refractivity contribution in [2.24, 2.45) is 0 Å². The van der Waals surface area contributed by atoms with E-state index in [9.17, 15) is 18.3 Å². The molecule has 1 N–H and O–H groups in total. The van der Waals surface area contributed by atoms with Crippen LogP contribution < -0.4 is 0 Å². The van der Waals surface area contributed by atoms with Gasteiger partial charge in [0.15, 0.2) is 17.5 Å². The van der Waals surface area contributed by atoms with E-state index in [0.29, 0.717) is 5.56 Å². The normalized spacial score (nSPS) is 12.5. The van der Waals surface area contributed by atoms with Crippen LogP contribution in [-0.2, 0) is 0 Å². The van der Waals surface area contributed by atoms with Gasteiger partial charge < -0.3 is 5.11 Å². The molecule has 0 aromatic heterocycles. The minimum Gasteiger partial charge on any atom is -0.384 e. The van der Waals surface area contributed by atoms with Crippen molar-refractivity contribution in [2.75, 3.05) is 0 Å². The van der Waals surface area contributed by atoms with Crippen LogP contribution in [0.5, 0.6) is 0 Å². The molecule has 2 aromatic carbocycles. The van der Waals surface area contributed by atoms with E-state index in [0.717, 1.165) is 17.7 Å². The number of aliphatic hydroxyl groups is 1. The van der Waals surface area contributed by atoms with Gasteiger partial charge in [-0.05, 0) is 35.7 Å². The zero-order valence-electron chi connectivity index (χ0n) is 9.62. The van der Waals surface area contributed by atoms with Gasteiger partial charge in [0.25, 0.3) is 0 Å². The summed E-state index contributed by atoms with van der Waals surface area (Å²) in [5.41, 5.74) is 1.30. The Balaban J connectivity index is 2.47. The first-order chi connectivity index (χ1) is 8.50. The Morgan fingerprint density at radius 1 is 1.00 bits per heavy atom. The third-order valence-corrected chi connectivity index (χ3v) is 2.80. The van der Waals surface area contributed by atoms with Crippen LogP contribution in [0.3, 0.4) is 0 Å². The number of rotatable bonds is 2. The molecule has 0 aliphatic rings. The van der Waals surface area contributed by atoms with Gasteiger partial charge in [-0.2, -0.15) is 0 Å². The summed E-state index contributed by atoms with van der Waals surface area (Å²) in [4.78, 5) is 0. The third kappa shape index (κ3) is 2.24. The second kappa shape index (κ2) is 4.82. The van der Waals surface area contributed by atoms with E-state index < -0.39 is 23.6 Å². The maximum atomic E-state index is 13.1. The lowest BCUT2D eigenvalue weighted by molar-refractivity contribution is 0.218. The zero-order valence-corrected chi connectivity index (χ0v) is 9.62. The smallest absolute Gasteiger partial charge is 0.194 e. The van der Waals surface area contributed by atoms with E-state index in [1.54, 1.807) is 31.2 Å². The van der Waals surface area contributed by atoms with Gasteiger partial charge >= 0.3 is 0 Å². The fourth-order valence-electron chi connectivity index (χ4n) is 1.81. The van der Waals surface area contributed by atoms with Crippen LogP contribution >= 0.6 is 0 Å². The molecule has 1 nitrogen and oxygen atoms in total. The molecule has 0 radical (unpaired) electrons. The SMILES string of the molecule is Cc1ccccc1C(O)c1cc(F)c(F)c(F)c1. The molecule has 0 bridgehead atoms. The lowest BCUT2D eigenvalue weighted by atomic mass is 9.97. The number of aliphatic hydroxyl groups excluding tert-OH is 1. The highest BCUT2D eigenvalue weighted by atomic mass is 19.2. The summed E-state index contributed by atoms with van der Waals surface area (Å²) in [6.07, 6.45) is -1.18. The highest BCUT2D eigenvalue weighted by Gasteiger charge is 2.17. The lowest BCUT2D eigenvalue weighted by Crippen LogP contribution is -2.04. The van der Waals surface area contributed by atoms with Crippen molar-refractivity contribution in [3.8, 4) is 0 Å². The summed E-state index contributed by atoms with van der Waals surface area (Å²) in [6, 6.07) is 8.53. The largest absolute Gasteiger partial charge is 0.384 e. The van der Waals surface area contributed by atoms with Gasteiger partial charge in [0.2, 0.25) is 0 Å². The maximum absolute atomic E-state index is 13.1.